The number of hydrogen-bond acceptors (Lipinski definition) is 5. The van der Waals surface area contributed by atoms with Crippen LogP contribution < -0.4 is 10.4 Å². The molecule has 0 aliphatic carbocycles. The van der Waals surface area contributed by atoms with Crippen molar-refractivity contribution in [3.05, 3.63) is 50.9 Å². The van der Waals surface area contributed by atoms with Gasteiger partial charge in [0, 0.05) is 31.1 Å². The molecule has 0 bridgehead atoms. The Kier molecular flexibility index (Phi) is 7.79. The number of likely N-dealkylation sites (tertiary alicyclic amines) is 1. The molecule has 1 aliphatic heterocycles. The molecule has 6 nitrogen and oxygen atoms in total. The van der Waals surface area contributed by atoms with Crippen LogP contribution in [0.3, 0.4) is 0 Å². The largest absolute Gasteiger partial charge is 0.488 e. The van der Waals surface area contributed by atoms with E-state index in [1.807, 2.05) is 18.7 Å². The molecule has 1 fully saturated rings. The average Bonchev–Trinajstić information content (AvgIpc) is 2.74. The van der Waals surface area contributed by atoms with E-state index in [-0.39, 0.29) is 18.9 Å². The van der Waals surface area contributed by atoms with E-state index in [0.29, 0.717) is 58.5 Å². The Morgan fingerprint density at radius 2 is 2.06 bits per heavy atom. The predicted octanol–water partition coefficient (Wildman–Crippen LogP) is 4.26. The van der Waals surface area contributed by atoms with Crippen molar-refractivity contribution in [3.8, 4) is 5.75 Å². The third kappa shape index (κ3) is 5.69. The number of rotatable bonds is 8. The highest BCUT2D eigenvalue weighted by Crippen LogP contribution is 2.32. The van der Waals surface area contributed by atoms with Crippen molar-refractivity contribution in [1.29, 1.82) is 0 Å². The van der Waals surface area contributed by atoms with Crippen molar-refractivity contribution >= 4 is 28.5 Å². The first-order valence-electron chi connectivity index (χ1n) is 10.7. The van der Waals surface area contributed by atoms with Gasteiger partial charge in [-0.05, 0) is 62.7 Å². The van der Waals surface area contributed by atoms with Crippen LogP contribution in [0, 0.1) is 12.8 Å². The van der Waals surface area contributed by atoms with Crippen molar-refractivity contribution < 1.29 is 19.1 Å². The fourth-order valence-corrected chi connectivity index (χ4v) is 4.24. The number of piperidine rings is 1. The van der Waals surface area contributed by atoms with Gasteiger partial charge in [-0.1, -0.05) is 18.2 Å². The number of nitrogens with zero attached hydrogens (tertiary/aromatic N) is 1. The zero-order valence-corrected chi connectivity index (χ0v) is 19.0. The first-order chi connectivity index (χ1) is 14.8. The van der Waals surface area contributed by atoms with Gasteiger partial charge in [-0.15, -0.1) is 0 Å². The molecule has 3 rings (SSSR count). The maximum atomic E-state index is 12.8. The Bertz CT molecular complexity index is 1020. The van der Waals surface area contributed by atoms with E-state index >= 15 is 0 Å². The van der Waals surface area contributed by atoms with E-state index < -0.39 is 5.63 Å². The van der Waals surface area contributed by atoms with E-state index in [4.69, 9.17) is 25.9 Å². The van der Waals surface area contributed by atoms with E-state index in [9.17, 15) is 9.59 Å². The second-order valence-electron chi connectivity index (χ2n) is 8.38. The van der Waals surface area contributed by atoms with Crippen molar-refractivity contribution in [1.82, 2.24) is 4.90 Å². The standard InChI is InChI=1S/C24H30ClNO5/c1-15(2)14-30-22-13-21-18(11-20(22)25)16(3)19(24(29)31-21)12-23(28)26-8-6-17(7-9-26)5-4-10-27/h11,13,17,27H,1,4-10,12,14H2,2-3H3. The summed E-state index contributed by atoms with van der Waals surface area (Å²) < 4.78 is 11.1. The molecule has 1 N–H and O–H groups in total. The lowest BCUT2D eigenvalue weighted by Crippen LogP contribution is -2.40. The Morgan fingerprint density at radius 1 is 1.35 bits per heavy atom. The van der Waals surface area contributed by atoms with Gasteiger partial charge in [0.25, 0.3) is 0 Å². The molecule has 0 unspecified atom stereocenters. The molecule has 2 aromatic rings. The van der Waals surface area contributed by atoms with Crippen molar-refractivity contribution in [2.24, 2.45) is 5.92 Å². The Balaban J connectivity index is 1.76. The van der Waals surface area contributed by atoms with Gasteiger partial charge in [-0.2, -0.15) is 0 Å². The maximum Gasteiger partial charge on any atom is 0.340 e. The fourth-order valence-electron chi connectivity index (χ4n) is 4.02. The Labute approximate surface area is 187 Å². The van der Waals surface area contributed by atoms with Gasteiger partial charge in [-0.25, -0.2) is 4.79 Å². The number of hydrogen-bond donors (Lipinski definition) is 1. The van der Waals surface area contributed by atoms with Crippen molar-refractivity contribution in [3.63, 3.8) is 0 Å². The Hall–Kier alpha value is -2.31. The monoisotopic (exact) mass is 447 g/mol. The van der Waals surface area contributed by atoms with Gasteiger partial charge in [0.05, 0.1) is 17.0 Å². The minimum Gasteiger partial charge on any atom is -0.488 e. The van der Waals surface area contributed by atoms with Crippen LogP contribution in [0.25, 0.3) is 11.0 Å². The fraction of sp³-hybridized carbons (Fsp3) is 0.500. The van der Waals surface area contributed by atoms with Crippen LogP contribution in [0.2, 0.25) is 5.02 Å². The van der Waals surface area contributed by atoms with Gasteiger partial charge in [0.15, 0.2) is 0 Å². The third-order valence-corrected chi connectivity index (χ3v) is 6.17. The molecule has 1 aromatic carbocycles. The number of ether oxygens (including phenoxy) is 1. The van der Waals surface area contributed by atoms with E-state index in [2.05, 4.69) is 6.58 Å². The molecule has 168 valence electrons. The molecule has 0 saturated carbocycles. The summed E-state index contributed by atoms with van der Waals surface area (Å²) in [4.78, 5) is 27.3. The number of aliphatic hydroxyl groups is 1. The van der Waals surface area contributed by atoms with E-state index in [1.54, 1.807) is 12.1 Å². The summed E-state index contributed by atoms with van der Waals surface area (Å²) in [6.45, 7) is 9.35. The molecule has 31 heavy (non-hydrogen) atoms. The van der Waals surface area contributed by atoms with Crippen molar-refractivity contribution in [2.75, 3.05) is 26.3 Å². The normalized spacial score (nSPS) is 14.8. The van der Waals surface area contributed by atoms with Gasteiger partial charge < -0.3 is 19.2 Å². The Morgan fingerprint density at radius 3 is 2.71 bits per heavy atom. The molecule has 1 aromatic heterocycles. The number of carbonyl (C=O) groups excluding carboxylic acids is 1. The lowest BCUT2D eigenvalue weighted by atomic mass is 9.92. The second-order valence-corrected chi connectivity index (χ2v) is 8.79. The summed E-state index contributed by atoms with van der Waals surface area (Å²) in [7, 11) is 0. The SMILES string of the molecule is C=C(C)COc1cc2oc(=O)c(CC(=O)N3CCC(CCCO)CC3)c(C)c2cc1Cl. The quantitative estimate of drug-likeness (QED) is 0.483. The zero-order chi connectivity index (χ0) is 22.5. The van der Waals surface area contributed by atoms with Crippen LogP contribution in [0.1, 0.15) is 43.7 Å². The van der Waals surface area contributed by atoms with Gasteiger partial charge in [0.1, 0.15) is 17.9 Å². The first-order valence-corrected chi connectivity index (χ1v) is 11.1. The smallest absolute Gasteiger partial charge is 0.340 e. The molecule has 0 atom stereocenters. The third-order valence-electron chi connectivity index (χ3n) is 5.88. The summed E-state index contributed by atoms with van der Waals surface area (Å²) in [5, 5.41) is 10.1. The molecule has 7 heteroatoms. The van der Waals surface area contributed by atoms with Crippen LogP contribution in [0.5, 0.6) is 5.75 Å². The lowest BCUT2D eigenvalue weighted by Gasteiger charge is -2.32. The number of benzene rings is 1. The summed E-state index contributed by atoms with van der Waals surface area (Å²) in [5.41, 5.74) is 1.78. The zero-order valence-electron chi connectivity index (χ0n) is 18.2. The number of aliphatic hydroxyl groups excluding tert-OH is 1. The number of amides is 1. The van der Waals surface area contributed by atoms with E-state index in [0.717, 1.165) is 31.3 Å². The summed E-state index contributed by atoms with van der Waals surface area (Å²) >= 11 is 6.36. The number of aryl methyl sites for hydroxylation is 1. The first kappa shape index (κ1) is 23.4. The topological polar surface area (TPSA) is 80.0 Å². The summed E-state index contributed by atoms with van der Waals surface area (Å²) in [6, 6.07) is 3.32. The van der Waals surface area contributed by atoms with Gasteiger partial charge >= 0.3 is 5.63 Å². The van der Waals surface area contributed by atoms with Crippen LogP contribution >= 0.6 is 11.6 Å². The van der Waals surface area contributed by atoms with Crippen LogP contribution in [-0.2, 0) is 11.2 Å². The van der Waals surface area contributed by atoms with Gasteiger partial charge in [0.2, 0.25) is 5.91 Å². The molecule has 0 radical (unpaired) electrons. The minimum atomic E-state index is -0.510. The van der Waals surface area contributed by atoms with Crippen LogP contribution in [0.15, 0.2) is 33.5 Å². The average molecular weight is 448 g/mol. The number of halogens is 1. The molecular formula is C24H30ClNO5. The number of fused-ring (bicyclic) bond motifs is 1. The highest BCUT2D eigenvalue weighted by atomic mass is 35.5. The molecule has 1 aliphatic rings. The highest BCUT2D eigenvalue weighted by molar-refractivity contribution is 6.32. The number of carbonyl (C=O) groups is 1. The van der Waals surface area contributed by atoms with Crippen LogP contribution in [-0.4, -0.2) is 42.2 Å². The summed E-state index contributed by atoms with van der Waals surface area (Å²) in [5.74, 6) is 0.905. The molecule has 0 spiro atoms. The van der Waals surface area contributed by atoms with Crippen molar-refractivity contribution in [2.45, 2.75) is 46.0 Å². The molecule has 2 heterocycles. The van der Waals surface area contributed by atoms with Gasteiger partial charge in [-0.3, -0.25) is 4.79 Å². The maximum absolute atomic E-state index is 12.8. The molecule has 1 saturated heterocycles. The lowest BCUT2D eigenvalue weighted by molar-refractivity contribution is -0.131. The molecule has 1 amide bonds. The predicted molar refractivity (Wildman–Crippen MR) is 122 cm³/mol. The highest BCUT2D eigenvalue weighted by Gasteiger charge is 2.24. The molecular weight excluding hydrogens is 418 g/mol. The second kappa shape index (κ2) is 10.3. The van der Waals surface area contributed by atoms with E-state index in [1.165, 1.54) is 0 Å². The minimum absolute atomic E-state index is 0.0109. The van der Waals surface area contributed by atoms with Crippen LogP contribution in [0.4, 0.5) is 0 Å². The summed E-state index contributed by atoms with van der Waals surface area (Å²) in [6.07, 6.45) is 3.67.